The number of nitrogens with zero attached hydrogens (tertiary/aromatic N) is 1. The number of benzene rings is 3. The van der Waals surface area contributed by atoms with E-state index in [1.807, 2.05) is 13.0 Å². The molecule has 0 spiro atoms. The van der Waals surface area contributed by atoms with Crippen LogP contribution in [0.2, 0.25) is 0 Å². The van der Waals surface area contributed by atoms with Crippen molar-refractivity contribution in [2.24, 2.45) is 0 Å². The minimum absolute atomic E-state index is 0.307. The lowest BCUT2D eigenvalue weighted by Crippen LogP contribution is -2.05. The first-order valence-electron chi connectivity index (χ1n) is 10.4. The molecule has 1 aromatic heterocycles. The highest BCUT2D eigenvalue weighted by Gasteiger charge is 2.17. The molecule has 1 heterocycles. The number of pyridine rings is 1. The Hall–Kier alpha value is -3.20. The summed E-state index contributed by atoms with van der Waals surface area (Å²) < 4.78 is 5.18. The Morgan fingerprint density at radius 2 is 1.72 bits per heavy atom. The van der Waals surface area contributed by atoms with Crippen LogP contribution in [0.3, 0.4) is 0 Å². The number of esters is 1. The predicted octanol–water partition coefficient (Wildman–Crippen LogP) is 6.11. The Morgan fingerprint density at radius 3 is 2.59 bits per heavy atom. The lowest BCUT2D eigenvalue weighted by Gasteiger charge is -2.20. The predicted molar refractivity (Wildman–Crippen MR) is 117 cm³/mol. The van der Waals surface area contributed by atoms with Crippen LogP contribution in [0.15, 0.2) is 60.8 Å². The van der Waals surface area contributed by atoms with Gasteiger partial charge in [-0.2, -0.15) is 0 Å². The number of aromatic nitrogens is 1. The molecule has 4 aromatic rings. The number of carbonyl (C=O) groups excluding carboxylic acids is 1. The molecule has 0 amide bonds. The Kier molecular flexibility index (Phi) is 4.51. The third-order valence-electron chi connectivity index (χ3n) is 5.92. The van der Waals surface area contributed by atoms with Gasteiger partial charge in [-0.1, -0.05) is 36.4 Å². The van der Waals surface area contributed by atoms with E-state index in [1.165, 1.54) is 40.1 Å². The highest BCUT2D eigenvalue weighted by Crippen LogP contribution is 2.38. The third-order valence-corrected chi connectivity index (χ3v) is 5.92. The fourth-order valence-electron chi connectivity index (χ4n) is 4.56. The summed E-state index contributed by atoms with van der Waals surface area (Å²) in [6, 6.07) is 18.9. The first-order valence-corrected chi connectivity index (χ1v) is 10.4. The van der Waals surface area contributed by atoms with Crippen LogP contribution in [0.25, 0.3) is 32.8 Å². The molecular formula is C26H23NO2. The van der Waals surface area contributed by atoms with E-state index >= 15 is 0 Å². The normalized spacial score (nSPS) is 13.4. The number of ether oxygens (including phenoxy) is 1. The maximum absolute atomic E-state index is 12.2. The highest BCUT2D eigenvalue weighted by atomic mass is 16.5. The molecule has 29 heavy (non-hydrogen) atoms. The Bertz CT molecular complexity index is 1240. The van der Waals surface area contributed by atoms with Crippen molar-refractivity contribution in [3.63, 3.8) is 0 Å². The first kappa shape index (κ1) is 17.9. The molecule has 0 fully saturated rings. The smallest absolute Gasteiger partial charge is 0.338 e. The van der Waals surface area contributed by atoms with Crippen molar-refractivity contribution >= 4 is 27.5 Å². The largest absolute Gasteiger partial charge is 0.462 e. The van der Waals surface area contributed by atoms with Gasteiger partial charge in [0.15, 0.2) is 0 Å². The SMILES string of the molecule is CCOC(=O)c1ccnc(-c2cc3c4c(ccc3c3ccccc23)CCCC4)c1. The van der Waals surface area contributed by atoms with E-state index in [2.05, 4.69) is 47.4 Å². The number of rotatable bonds is 3. The van der Waals surface area contributed by atoms with E-state index in [4.69, 9.17) is 4.74 Å². The van der Waals surface area contributed by atoms with Gasteiger partial charge in [0.25, 0.3) is 0 Å². The van der Waals surface area contributed by atoms with Gasteiger partial charge in [-0.3, -0.25) is 4.98 Å². The number of carbonyl (C=O) groups is 1. The second-order valence-electron chi connectivity index (χ2n) is 7.63. The number of fused-ring (bicyclic) bond motifs is 5. The van der Waals surface area contributed by atoms with Gasteiger partial charge in [-0.05, 0) is 83.5 Å². The Balaban J connectivity index is 1.79. The zero-order valence-corrected chi connectivity index (χ0v) is 16.6. The molecule has 0 saturated heterocycles. The second-order valence-corrected chi connectivity index (χ2v) is 7.63. The van der Waals surface area contributed by atoms with Crippen molar-refractivity contribution in [1.82, 2.24) is 4.98 Å². The fourth-order valence-corrected chi connectivity index (χ4v) is 4.56. The summed E-state index contributed by atoms with van der Waals surface area (Å²) in [5.41, 5.74) is 5.36. The van der Waals surface area contributed by atoms with Gasteiger partial charge in [-0.15, -0.1) is 0 Å². The van der Waals surface area contributed by atoms with Gasteiger partial charge in [0.05, 0.1) is 17.9 Å². The molecule has 0 atom stereocenters. The number of aryl methyl sites for hydroxylation is 2. The monoisotopic (exact) mass is 381 g/mol. The fraction of sp³-hybridized carbons (Fsp3) is 0.231. The molecule has 1 aliphatic rings. The maximum atomic E-state index is 12.2. The average molecular weight is 381 g/mol. The minimum Gasteiger partial charge on any atom is -0.462 e. The summed E-state index contributed by atoms with van der Waals surface area (Å²) in [7, 11) is 0. The molecule has 5 rings (SSSR count). The number of hydrogen-bond donors (Lipinski definition) is 0. The first-order chi connectivity index (χ1) is 14.3. The molecule has 0 bridgehead atoms. The van der Waals surface area contributed by atoms with Crippen LogP contribution in [-0.2, 0) is 17.6 Å². The van der Waals surface area contributed by atoms with Crippen molar-refractivity contribution < 1.29 is 9.53 Å². The molecule has 0 unspecified atom stereocenters. The van der Waals surface area contributed by atoms with E-state index in [9.17, 15) is 4.79 Å². The molecule has 0 N–H and O–H groups in total. The van der Waals surface area contributed by atoms with Gasteiger partial charge < -0.3 is 4.74 Å². The lowest BCUT2D eigenvalue weighted by atomic mass is 9.85. The zero-order chi connectivity index (χ0) is 19.8. The summed E-state index contributed by atoms with van der Waals surface area (Å²) >= 11 is 0. The van der Waals surface area contributed by atoms with Gasteiger partial charge in [-0.25, -0.2) is 4.79 Å². The molecule has 1 aliphatic carbocycles. The molecule has 144 valence electrons. The van der Waals surface area contributed by atoms with Crippen LogP contribution < -0.4 is 0 Å². The van der Waals surface area contributed by atoms with E-state index < -0.39 is 0 Å². The van der Waals surface area contributed by atoms with E-state index in [-0.39, 0.29) is 5.97 Å². The molecule has 0 radical (unpaired) electrons. The van der Waals surface area contributed by atoms with Gasteiger partial charge in [0.1, 0.15) is 0 Å². The minimum atomic E-state index is -0.307. The van der Waals surface area contributed by atoms with Crippen molar-refractivity contribution in [1.29, 1.82) is 0 Å². The Labute approximate surface area is 170 Å². The highest BCUT2D eigenvalue weighted by molar-refractivity contribution is 6.14. The van der Waals surface area contributed by atoms with Crippen LogP contribution in [0, 0.1) is 0 Å². The molecule has 0 saturated carbocycles. The van der Waals surface area contributed by atoms with Crippen LogP contribution in [0.1, 0.15) is 41.3 Å². The Morgan fingerprint density at radius 1 is 0.931 bits per heavy atom. The second kappa shape index (κ2) is 7.32. The summed E-state index contributed by atoms with van der Waals surface area (Å²) in [5.74, 6) is -0.307. The van der Waals surface area contributed by atoms with Crippen molar-refractivity contribution in [3.8, 4) is 11.3 Å². The third kappa shape index (κ3) is 3.07. The van der Waals surface area contributed by atoms with E-state index in [0.717, 1.165) is 29.5 Å². The molecule has 0 aliphatic heterocycles. The summed E-state index contributed by atoms with van der Waals surface area (Å²) in [6.07, 6.45) is 6.48. The van der Waals surface area contributed by atoms with E-state index in [0.29, 0.717) is 12.2 Å². The van der Waals surface area contributed by atoms with Crippen molar-refractivity contribution in [2.75, 3.05) is 6.61 Å². The molecule has 3 nitrogen and oxygen atoms in total. The van der Waals surface area contributed by atoms with Gasteiger partial charge >= 0.3 is 5.97 Å². The standard InChI is InChI=1S/C26H23NO2/c1-2-29-26(28)18-13-14-27-25(15-18)24-16-23-19-8-4-3-7-17(19)11-12-22(23)20-9-5-6-10-21(20)24/h5-6,9-16H,2-4,7-8H2,1H3. The van der Waals surface area contributed by atoms with Crippen LogP contribution in [-0.4, -0.2) is 17.6 Å². The lowest BCUT2D eigenvalue weighted by molar-refractivity contribution is 0.0526. The summed E-state index contributed by atoms with van der Waals surface area (Å²) in [6.45, 7) is 2.18. The maximum Gasteiger partial charge on any atom is 0.338 e. The van der Waals surface area contributed by atoms with Crippen molar-refractivity contribution in [3.05, 3.63) is 77.5 Å². The molecule has 3 aromatic carbocycles. The quantitative estimate of drug-likeness (QED) is 0.317. The molecule has 3 heteroatoms. The summed E-state index contributed by atoms with van der Waals surface area (Å²) in [5, 5.41) is 5.01. The molecular weight excluding hydrogens is 358 g/mol. The summed E-state index contributed by atoms with van der Waals surface area (Å²) in [4.78, 5) is 16.9. The van der Waals surface area contributed by atoms with Crippen LogP contribution >= 0.6 is 0 Å². The van der Waals surface area contributed by atoms with E-state index in [1.54, 1.807) is 12.3 Å². The van der Waals surface area contributed by atoms with Crippen LogP contribution in [0.5, 0.6) is 0 Å². The zero-order valence-electron chi connectivity index (χ0n) is 16.6. The number of hydrogen-bond acceptors (Lipinski definition) is 3. The van der Waals surface area contributed by atoms with Gasteiger partial charge in [0, 0.05) is 11.8 Å². The van der Waals surface area contributed by atoms with Crippen LogP contribution in [0.4, 0.5) is 0 Å². The van der Waals surface area contributed by atoms with Gasteiger partial charge in [0.2, 0.25) is 0 Å². The van der Waals surface area contributed by atoms with Crippen molar-refractivity contribution in [2.45, 2.75) is 32.6 Å². The topological polar surface area (TPSA) is 39.2 Å². The average Bonchev–Trinajstić information content (AvgIpc) is 2.78.